The molecule has 2 aromatic rings. The molecular formula is C17H18FN5O3. The molecule has 0 unspecified atom stereocenters. The maximum Gasteiger partial charge on any atom is 0.329 e. The van der Waals surface area contributed by atoms with Gasteiger partial charge in [0, 0.05) is 51.3 Å². The molecule has 0 bridgehead atoms. The number of hydrogen-bond donors (Lipinski definition) is 1. The lowest BCUT2D eigenvalue weighted by Gasteiger charge is -2.28. The molecule has 2 aliphatic rings. The number of piperidine rings is 1. The summed E-state index contributed by atoms with van der Waals surface area (Å²) in [5.74, 6) is -0.239. The number of hydrogen-bond acceptors (Lipinski definition) is 5. The van der Waals surface area contributed by atoms with Gasteiger partial charge in [-0.15, -0.1) is 0 Å². The summed E-state index contributed by atoms with van der Waals surface area (Å²) in [5, 5.41) is 7.11. The summed E-state index contributed by atoms with van der Waals surface area (Å²) in [7, 11) is 1.72. The third-order valence-corrected chi connectivity index (χ3v) is 4.87. The summed E-state index contributed by atoms with van der Waals surface area (Å²) < 4.78 is 16.4. The topological polar surface area (TPSA) is 87.5 Å². The molecule has 4 rings (SSSR count). The summed E-state index contributed by atoms with van der Waals surface area (Å²) in [6.45, 7) is 1.18. The molecule has 3 amide bonds. The van der Waals surface area contributed by atoms with Crippen molar-refractivity contribution >= 4 is 40.1 Å². The number of nitrogens with zero attached hydrogens (tertiary/aromatic N) is 4. The highest BCUT2D eigenvalue weighted by molar-refractivity contribution is 6.09. The van der Waals surface area contributed by atoms with E-state index < -0.39 is 11.8 Å². The van der Waals surface area contributed by atoms with E-state index in [4.69, 9.17) is 0 Å². The molecule has 9 heteroatoms. The maximum absolute atomic E-state index is 14.8. The number of imide groups is 1. The van der Waals surface area contributed by atoms with Gasteiger partial charge in [0.25, 0.3) is 0 Å². The van der Waals surface area contributed by atoms with Crippen molar-refractivity contribution in [2.45, 2.75) is 19.3 Å². The number of ketones is 1. The number of Topliss-reactive ketones (excluding diaryl/α,β-unsaturated/α-hetero) is 1. The van der Waals surface area contributed by atoms with Crippen molar-refractivity contribution in [1.29, 1.82) is 0 Å². The Kier molecular flexibility index (Phi) is 3.86. The standard InChI is InChI=1S/C17H18FN5O3/c1-21-13-9-14(22-5-2-10(24)3-6-22)12(18)8-11(13)16(20-21)23-7-4-15(25)19-17(23)26/h8-9H,2-7H2,1H3,(H,19,25,26). The summed E-state index contributed by atoms with van der Waals surface area (Å²) in [5.41, 5.74) is 1.11. The number of urea groups is 1. The monoisotopic (exact) mass is 359 g/mol. The number of amides is 3. The molecule has 26 heavy (non-hydrogen) atoms. The van der Waals surface area contributed by atoms with Gasteiger partial charge in [0.1, 0.15) is 11.6 Å². The van der Waals surface area contributed by atoms with Gasteiger partial charge >= 0.3 is 6.03 Å². The van der Waals surface area contributed by atoms with Gasteiger partial charge in [-0.2, -0.15) is 5.10 Å². The second-order valence-electron chi connectivity index (χ2n) is 6.55. The van der Waals surface area contributed by atoms with Gasteiger partial charge in [-0.05, 0) is 12.1 Å². The highest BCUT2D eigenvalue weighted by Crippen LogP contribution is 2.33. The number of anilines is 2. The van der Waals surface area contributed by atoms with Gasteiger partial charge in [0.15, 0.2) is 5.82 Å². The Balaban J connectivity index is 1.74. The van der Waals surface area contributed by atoms with Crippen LogP contribution >= 0.6 is 0 Å². The number of halogens is 1. The minimum absolute atomic E-state index is 0.173. The molecule has 0 saturated carbocycles. The van der Waals surface area contributed by atoms with Crippen molar-refractivity contribution in [3.8, 4) is 0 Å². The van der Waals surface area contributed by atoms with E-state index in [2.05, 4.69) is 10.4 Å². The Labute approximate surface area is 148 Å². The number of carbonyl (C=O) groups is 3. The predicted molar refractivity (Wildman–Crippen MR) is 92.6 cm³/mol. The Morgan fingerprint density at radius 3 is 2.50 bits per heavy atom. The van der Waals surface area contributed by atoms with E-state index in [1.54, 1.807) is 17.8 Å². The molecular weight excluding hydrogens is 341 g/mol. The molecule has 2 saturated heterocycles. The van der Waals surface area contributed by atoms with E-state index in [-0.39, 0.29) is 24.7 Å². The second-order valence-corrected chi connectivity index (χ2v) is 6.55. The number of benzene rings is 1. The van der Waals surface area contributed by atoms with Gasteiger partial charge in [-0.3, -0.25) is 24.5 Å². The van der Waals surface area contributed by atoms with Crippen molar-refractivity contribution in [3.05, 3.63) is 17.9 Å². The summed E-state index contributed by atoms with van der Waals surface area (Å²) >= 11 is 0. The van der Waals surface area contributed by atoms with Crippen LogP contribution in [0.3, 0.4) is 0 Å². The van der Waals surface area contributed by atoms with E-state index in [9.17, 15) is 18.8 Å². The van der Waals surface area contributed by atoms with Crippen molar-refractivity contribution in [1.82, 2.24) is 15.1 Å². The van der Waals surface area contributed by atoms with Crippen LogP contribution in [0.5, 0.6) is 0 Å². The largest absolute Gasteiger partial charge is 0.368 e. The highest BCUT2D eigenvalue weighted by Gasteiger charge is 2.29. The number of carbonyl (C=O) groups excluding carboxylic acids is 3. The Morgan fingerprint density at radius 2 is 1.81 bits per heavy atom. The molecule has 0 radical (unpaired) electrons. The Morgan fingerprint density at radius 1 is 1.08 bits per heavy atom. The summed E-state index contributed by atoms with van der Waals surface area (Å²) in [6.07, 6.45) is 0.998. The third-order valence-electron chi connectivity index (χ3n) is 4.87. The normalized spacial score (nSPS) is 18.6. The number of aryl methyl sites for hydroxylation is 1. The smallest absolute Gasteiger partial charge is 0.329 e. The van der Waals surface area contributed by atoms with E-state index >= 15 is 0 Å². The van der Waals surface area contributed by atoms with Crippen LogP contribution in [0.25, 0.3) is 10.9 Å². The van der Waals surface area contributed by atoms with Crippen LogP contribution in [-0.4, -0.2) is 47.1 Å². The molecule has 136 valence electrons. The fourth-order valence-electron chi connectivity index (χ4n) is 3.45. The average molecular weight is 359 g/mol. The summed E-state index contributed by atoms with van der Waals surface area (Å²) in [4.78, 5) is 38.1. The number of fused-ring (bicyclic) bond motifs is 1. The molecule has 1 aromatic heterocycles. The molecule has 1 N–H and O–H groups in total. The van der Waals surface area contributed by atoms with Gasteiger partial charge in [0.05, 0.1) is 11.2 Å². The van der Waals surface area contributed by atoms with Crippen LogP contribution in [0.15, 0.2) is 12.1 Å². The lowest BCUT2D eigenvalue weighted by Crippen LogP contribution is -2.49. The van der Waals surface area contributed by atoms with Crippen molar-refractivity contribution < 1.29 is 18.8 Å². The van der Waals surface area contributed by atoms with E-state index in [0.29, 0.717) is 48.3 Å². The first kappa shape index (κ1) is 16.5. The average Bonchev–Trinajstić information content (AvgIpc) is 2.91. The van der Waals surface area contributed by atoms with Crippen molar-refractivity contribution in [2.24, 2.45) is 7.05 Å². The van der Waals surface area contributed by atoms with Crippen molar-refractivity contribution in [3.63, 3.8) is 0 Å². The van der Waals surface area contributed by atoms with Crippen LogP contribution in [0, 0.1) is 5.82 Å². The molecule has 0 aliphatic carbocycles. The van der Waals surface area contributed by atoms with Gasteiger partial charge in [-0.1, -0.05) is 0 Å². The zero-order chi connectivity index (χ0) is 18.4. The van der Waals surface area contributed by atoms with E-state index in [0.717, 1.165) is 0 Å². The Hall–Kier alpha value is -2.97. The minimum atomic E-state index is -0.555. The molecule has 2 fully saturated rings. The van der Waals surface area contributed by atoms with Gasteiger partial charge in [-0.25, -0.2) is 9.18 Å². The quantitative estimate of drug-likeness (QED) is 0.874. The fourth-order valence-corrected chi connectivity index (χ4v) is 3.45. The predicted octanol–water partition coefficient (Wildman–Crippen LogP) is 1.33. The first-order valence-corrected chi connectivity index (χ1v) is 8.48. The molecule has 3 heterocycles. The maximum atomic E-state index is 14.8. The highest BCUT2D eigenvalue weighted by atomic mass is 19.1. The Bertz CT molecular complexity index is 928. The van der Waals surface area contributed by atoms with Crippen LogP contribution in [0.4, 0.5) is 20.7 Å². The molecule has 0 atom stereocenters. The van der Waals surface area contributed by atoms with Crippen LogP contribution in [0.2, 0.25) is 0 Å². The molecule has 8 nitrogen and oxygen atoms in total. The van der Waals surface area contributed by atoms with Crippen molar-refractivity contribution in [2.75, 3.05) is 29.4 Å². The second kappa shape index (κ2) is 6.08. The van der Waals surface area contributed by atoms with E-state index in [1.165, 1.54) is 11.0 Å². The summed E-state index contributed by atoms with van der Waals surface area (Å²) in [6, 6.07) is 2.51. The zero-order valence-corrected chi connectivity index (χ0v) is 14.3. The van der Waals surface area contributed by atoms with Gasteiger partial charge in [0.2, 0.25) is 5.91 Å². The lowest BCUT2D eigenvalue weighted by atomic mass is 10.1. The molecule has 2 aliphatic heterocycles. The molecule has 1 aromatic carbocycles. The zero-order valence-electron chi connectivity index (χ0n) is 14.3. The van der Waals surface area contributed by atoms with Crippen LogP contribution < -0.4 is 15.1 Å². The number of aromatic nitrogens is 2. The number of nitrogens with one attached hydrogen (secondary N) is 1. The fraction of sp³-hybridized carbons (Fsp3) is 0.412. The number of rotatable bonds is 2. The lowest BCUT2D eigenvalue weighted by molar-refractivity contribution is -0.120. The SMILES string of the molecule is Cn1nc(N2CCC(=O)NC2=O)c2cc(F)c(N3CCC(=O)CC3)cc21. The van der Waals surface area contributed by atoms with Crippen LogP contribution in [-0.2, 0) is 16.6 Å². The first-order chi connectivity index (χ1) is 12.4. The minimum Gasteiger partial charge on any atom is -0.368 e. The van der Waals surface area contributed by atoms with E-state index in [1.807, 2.05) is 4.90 Å². The van der Waals surface area contributed by atoms with Crippen LogP contribution in [0.1, 0.15) is 19.3 Å². The third kappa shape index (κ3) is 2.69. The first-order valence-electron chi connectivity index (χ1n) is 8.48. The van der Waals surface area contributed by atoms with Gasteiger partial charge < -0.3 is 4.90 Å². The molecule has 0 spiro atoms.